The van der Waals surface area contributed by atoms with Gasteiger partial charge in [0.25, 0.3) is 10.1 Å². The summed E-state index contributed by atoms with van der Waals surface area (Å²) < 4.78 is 40.3. The lowest BCUT2D eigenvalue weighted by Gasteiger charge is -2.06. The molecule has 16 heavy (non-hydrogen) atoms. The molecule has 1 aromatic carbocycles. The molecule has 0 heterocycles. The fourth-order valence-electron chi connectivity index (χ4n) is 1.09. The van der Waals surface area contributed by atoms with Crippen molar-refractivity contribution >= 4 is 10.1 Å². The van der Waals surface area contributed by atoms with Gasteiger partial charge in [0.05, 0.1) is 17.7 Å². The molecule has 3 nitrogen and oxygen atoms in total. The second kappa shape index (κ2) is 5.41. The third kappa shape index (κ3) is 3.90. The van der Waals surface area contributed by atoms with Crippen LogP contribution in [0.4, 0.5) is 4.39 Å². The van der Waals surface area contributed by atoms with Gasteiger partial charge in [-0.3, -0.25) is 4.18 Å². The first-order chi connectivity index (χ1) is 7.42. The van der Waals surface area contributed by atoms with Gasteiger partial charge in [-0.25, -0.2) is 4.39 Å². The molecule has 0 amide bonds. The highest BCUT2D eigenvalue weighted by atomic mass is 32.2. The monoisotopic (exact) mass is 246 g/mol. The summed E-state index contributed by atoms with van der Waals surface area (Å²) in [6.07, 6.45) is -0.987. The van der Waals surface area contributed by atoms with E-state index in [0.717, 1.165) is 5.56 Å². The Balaban J connectivity index is 2.67. The standard InChI is InChI=1S/C11H15FO3S/c1-9-3-5-11(6-4-9)16(13,14)15-8-7-10(2)12/h3-6,10H,7-8H2,1-2H3/t10-/m0/s1. The fourth-order valence-corrected chi connectivity index (χ4v) is 2.01. The van der Waals surface area contributed by atoms with Gasteiger partial charge in [-0.2, -0.15) is 8.42 Å². The van der Waals surface area contributed by atoms with E-state index in [1.54, 1.807) is 12.1 Å². The van der Waals surface area contributed by atoms with E-state index in [1.807, 2.05) is 6.92 Å². The van der Waals surface area contributed by atoms with Gasteiger partial charge in [-0.1, -0.05) is 17.7 Å². The van der Waals surface area contributed by atoms with E-state index in [2.05, 4.69) is 0 Å². The van der Waals surface area contributed by atoms with Crippen molar-refractivity contribution in [2.45, 2.75) is 31.3 Å². The number of aryl methyl sites for hydroxylation is 1. The predicted octanol–water partition coefficient (Wildman–Crippen LogP) is 2.45. The van der Waals surface area contributed by atoms with Crippen LogP contribution in [-0.2, 0) is 14.3 Å². The van der Waals surface area contributed by atoms with Crippen LogP contribution in [0, 0.1) is 6.92 Å². The summed E-state index contributed by atoms with van der Waals surface area (Å²) in [7, 11) is -3.74. The Morgan fingerprint density at radius 2 is 1.88 bits per heavy atom. The van der Waals surface area contributed by atoms with E-state index >= 15 is 0 Å². The molecule has 0 aliphatic carbocycles. The summed E-state index contributed by atoms with van der Waals surface area (Å²) in [6.45, 7) is 3.10. The van der Waals surface area contributed by atoms with Gasteiger partial charge >= 0.3 is 0 Å². The van der Waals surface area contributed by atoms with Crippen LogP contribution in [-0.4, -0.2) is 21.2 Å². The van der Waals surface area contributed by atoms with Crippen LogP contribution in [0.1, 0.15) is 18.9 Å². The van der Waals surface area contributed by atoms with Crippen molar-refractivity contribution in [1.82, 2.24) is 0 Å². The highest BCUT2D eigenvalue weighted by molar-refractivity contribution is 7.86. The minimum Gasteiger partial charge on any atom is -0.266 e. The molecule has 0 unspecified atom stereocenters. The zero-order valence-corrected chi connectivity index (χ0v) is 10.1. The van der Waals surface area contributed by atoms with Gasteiger partial charge < -0.3 is 0 Å². The quantitative estimate of drug-likeness (QED) is 0.749. The predicted molar refractivity (Wildman–Crippen MR) is 59.5 cm³/mol. The molecule has 90 valence electrons. The Bertz CT molecular complexity index is 423. The first-order valence-corrected chi connectivity index (χ1v) is 6.43. The number of benzene rings is 1. The normalized spacial score (nSPS) is 13.7. The summed E-state index contributed by atoms with van der Waals surface area (Å²) in [6, 6.07) is 6.33. The van der Waals surface area contributed by atoms with Crippen molar-refractivity contribution in [2.24, 2.45) is 0 Å². The maximum Gasteiger partial charge on any atom is 0.296 e. The summed E-state index contributed by atoms with van der Waals surface area (Å²) >= 11 is 0. The Morgan fingerprint density at radius 3 is 2.38 bits per heavy atom. The Hall–Kier alpha value is -0.940. The number of hydrogen-bond donors (Lipinski definition) is 0. The molecule has 0 aliphatic rings. The summed E-state index contributed by atoms with van der Waals surface area (Å²) in [4.78, 5) is 0.101. The molecule has 0 aliphatic heterocycles. The highest BCUT2D eigenvalue weighted by Crippen LogP contribution is 2.13. The molecule has 0 N–H and O–H groups in total. The molecule has 0 saturated carbocycles. The average Bonchev–Trinajstić information content (AvgIpc) is 2.17. The molecule has 0 radical (unpaired) electrons. The van der Waals surface area contributed by atoms with Crippen molar-refractivity contribution in [3.05, 3.63) is 29.8 Å². The molecule has 1 atom stereocenters. The van der Waals surface area contributed by atoms with Crippen LogP contribution in [0.3, 0.4) is 0 Å². The number of halogens is 1. The second-order valence-corrected chi connectivity index (χ2v) is 5.27. The van der Waals surface area contributed by atoms with Crippen LogP contribution in [0.25, 0.3) is 0 Å². The minimum atomic E-state index is -3.74. The van der Waals surface area contributed by atoms with Crippen LogP contribution in [0.2, 0.25) is 0 Å². The van der Waals surface area contributed by atoms with Gasteiger partial charge in [-0.15, -0.1) is 0 Å². The third-order valence-electron chi connectivity index (χ3n) is 2.06. The molecule has 0 saturated heterocycles. The van der Waals surface area contributed by atoms with E-state index < -0.39 is 16.3 Å². The zero-order valence-electron chi connectivity index (χ0n) is 9.31. The highest BCUT2D eigenvalue weighted by Gasteiger charge is 2.14. The van der Waals surface area contributed by atoms with Gasteiger partial charge in [0.15, 0.2) is 0 Å². The lowest BCUT2D eigenvalue weighted by atomic mass is 10.2. The number of hydrogen-bond acceptors (Lipinski definition) is 3. The van der Waals surface area contributed by atoms with Crippen LogP contribution < -0.4 is 0 Å². The van der Waals surface area contributed by atoms with Crippen molar-refractivity contribution in [3.63, 3.8) is 0 Å². The molecule has 1 rings (SSSR count). The SMILES string of the molecule is Cc1ccc(S(=O)(=O)OCC[C@H](C)F)cc1. The third-order valence-corrected chi connectivity index (χ3v) is 3.39. The second-order valence-electron chi connectivity index (χ2n) is 3.66. The Morgan fingerprint density at radius 1 is 1.31 bits per heavy atom. The smallest absolute Gasteiger partial charge is 0.266 e. The van der Waals surface area contributed by atoms with Gasteiger partial charge in [0, 0.05) is 6.42 Å². The lowest BCUT2D eigenvalue weighted by Crippen LogP contribution is -2.10. The van der Waals surface area contributed by atoms with E-state index in [4.69, 9.17) is 4.18 Å². The van der Waals surface area contributed by atoms with E-state index in [-0.39, 0.29) is 17.9 Å². The molecule has 0 spiro atoms. The van der Waals surface area contributed by atoms with Gasteiger partial charge in [0.2, 0.25) is 0 Å². The topological polar surface area (TPSA) is 43.4 Å². The number of alkyl halides is 1. The summed E-state index contributed by atoms with van der Waals surface area (Å²) in [5, 5.41) is 0. The lowest BCUT2D eigenvalue weighted by molar-refractivity contribution is 0.251. The summed E-state index contributed by atoms with van der Waals surface area (Å²) in [5.74, 6) is 0. The first-order valence-electron chi connectivity index (χ1n) is 5.02. The molecule has 1 aromatic rings. The van der Waals surface area contributed by atoms with Gasteiger partial charge in [-0.05, 0) is 26.0 Å². The zero-order chi connectivity index (χ0) is 12.2. The Labute approximate surface area is 95.4 Å². The number of rotatable bonds is 5. The van der Waals surface area contributed by atoms with Gasteiger partial charge in [0.1, 0.15) is 0 Å². The van der Waals surface area contributed by atoms with E-state index in [9.17, 15) is 12.8 Å². The minimum absolute atomic E-state index is 0.0745. The molecule has 5 heteroatoms. The van der Waals surface area contributed by atoms with Crippen LogP contribution in [0.5, 0.6) is 0 Å². The van der Waals surface area contributed by atoms with Crippen molar-refractivity contribution < 1.29 is 17.0 Å². The van der Waals surface area contributed by atoms with Crippen LogP contribution in [0.15, 0.2) is 29.2 Å². The van der Waals surface area contributed by atoms with E-state index in [1.165, 1.54) is 19.1 Å². The molecular weight excluding hydrogens is 231 g/mol. The maximum atomic E-state index is 12.5. The molecular formula is C11H15FO3S. The summed E-state index contributed by atoms with van der Waals surface area (Å²) in [5.41, 5.74) is 0.969. The van der Waals surface area contributed by atoms with Crippen molar-refractivity contribution in [3.8, 4) is 0 Å². The first kappa shape index (κ1) is 13.1. The largest absolute Gasteiger partial charge is 0.296 e. The maximum absolute atomic E-state index is 12.5. The van der Waals surface area contributed by atoms with Crippen molar-refractivity contribution in [2.75, 3.05) is 6.61 Å². The molecule has 0 bridgehead atoms. The fraction of sp³-hybridized carbons (Fsp3) is 0.455. The van der Waals surface area contributed by atoms with Crippen LogP contribution >= 0.6 is 0 Å². The molecule has 0 fully saturated rings. The van der Waals surface area contributed by atoms with E-state index in [0.29, 0.717) is 0 Å². The average molecular weight is 246 g/mol. The Kier molecular flexibility index (Phi) is 4.44. The van der Waals surface area contributed by atoms with Crippen molar-refractivity contribution in [1.29, 1.82) is 0 Å². The molecule has 0 aromatic heterocycles.